The van der Waals surface area contributed by atoms with Gasteiger partial charge in [-0.3, -0.25) is 4.79 Å². The second-order valence-electron chi connectivity index (χ2n) is 3.36. The minimum absolute atomic E-state index is 0.696. The van der Waals surface area contributed by atoms with E-state index in [1.54, 1.807) is 11.8 Å². The lowest BCUT2D eigenvalue weighted by molar-refractivity contribution is 0.112. The minimum Gasteiger partial charge on any atom is -0.399 e. The molecule has 0 amide bonds. The molecule has 0 unspecified atom stereocenters. The Hall–Kier alpha value is -1.74. The van der Waals surface area contributed by atoms with Crippen LogP contribution in [0.25, 0.3) is 0 Å². The predicted molar refractivity (Wildman–Crippen MR) is 66.8 cm³/mol. The highest BCUT2D eigenvalue weighted by Crippen LogP contribution is 2.27. The second kappa shape index (κ2) is 4.86. The van der Waals surface area contributed by atoms with Crippen LogP contribution >= 0.6 is 11.8 Å². The van der Waals surface area contributed by atoms with Gasteiger partial charge in [0.25, 0.3) is 0 Å². The van der Waals surface area contributed by atoms with Crippen molar-refractivity contribution in [3.8, 4) is 0 Å². The zero-order valence-corrected chi connectivity index (χ0v) is 9.41. The molecule has 2 nitrogen and oxygen atoms in total. The van der Waals surface area contributed by atoms with Crippen LogP contribution in [0.1, 0.15) is 10.4 Å². The molecule has 2 N–H and O–H groups in total. The normalized spacial score (nSPS) is 10.0. The Morgan fingerprint density at radius 1 is 0.875 bits per heavy atom. The largest absolute Gasteiger partial charge is 0.399 e. The van der Waals surface area contributed by atoms with Crippen molar-refractivity contribution in [3.05, 3.63) is 54.1 Å². The van der Waals surface area contributed by atoms with Gasteiger partial charge >= 0.3 is 0 Å². The molecule has 0 aliphatic carbocycles. The van der Waals surface area contributed by atoms with Gasteiger partial charge in [-0.05, 0) is 36.4 Å². The van der Waals surface area contributed by atoms with E-state index in [9.17, 15) is 4.79 Å². The maximum atomic E-state index is 10.5. The molecule has 80 valence electrons. The van der Waals surface area contributed by atoms with E-state index in [4.69, 9.17) is 5.73 Å². The minimum atomic E-state index is 0.696. The molecule has 0 radical (unpaired) electrons. The standard InChI is InChI=1S/C13H11NOS/c14-11-3-7-13(8-4-11)16-12-5-1-10(9-15)2-6-12/h1-9H,14H2. The van der Waals surface area contributed by atoms with Gasteiger partial charge in [-0.2, -0.15) is 0 Å². The van der Waals surface area contributed by atoms with E-state index >= 15 is 0 Å². The second-order valence-corrected chi connectivity index (χ2v) is 4.50. The number of carbonyl (C=O) groups excluding carboxylic acids is 1. The maximum Gasteiger partial charge on any atom is 0.150 e. The average molecular weight is 229 g/mol. The summed E-state index contributed by atoms with van der Waals surface area (Å²) in [4.78, 5) is 12.7. The third-order valence-electron chi connectivity index (χ3n) is 2.13. The summed E-state index contributed by atoms with van der Waals surface area (Å²) >= 11 is 1.64. The first-order valence-electron chi connectivity index (χ1n) is 4.86. The van der Waals surface area contributed by atoms with E-state index < -0.39 is 0 Å². The van der Waals surface area contributed by atoms with E-state index in [0.717, 1.165) is 21.8 Å². The molecule has 2 aromatic rings. The summed E-state index contributed by atoms with van der Waals surface area (Å²) in [6.45, 7) is 0. The summed E-state index contributed by atoms with van der Waals surface area (Å²) < 4.78 is 0. The number of benzene rings is 2. The number of hydrogen-bond acceptors (Lipinski definition) is 3. The van der Waals surface area contributed by atoms with Gasteiger partial charge in [0.1, 0.15) is 6.29 Å². The zero-order chi connectivity index (χ0) is 11.4. The number of carbonyl (C=O) groups is 1. The van der Waals surface area contributed by atoms with E-state index in [0.29, 0.717) is 5.56 Å². The lowest BCUT2D eigenvalue weighted by Crippen LogP contribution is -1.83. The molecule has 0 atom stereocenters. The SMILES string of the molecule is Nc1ccc(Sc2ccc(C=O)cc2)cc1. The molecule has 2 aromatic carbocycles. The number of aldehydes is 1. The van der Waals surface area contributed by atoms with Crippen molar-refractivity contribution in [1.29, 1.82) is 0 Å². The summed E-state index contributed by atoms with van der Waals surface area (Å²) in [6.07, 6.45) is 0.845. The van der Waals surface area contributed by atoms with Crippen LogP contribution in [0.5, 0.6) is 0 Å². The van der Waals surface area contributed by atoms with Crippen molar-refractivity contribution in [1.82, 2.24) is 0 Å². The van der Waals surface area contributed by atoms with Crippen LogP contribution in [0, 0.1) is 0 Å². The van der Waals surface area contributed by atoms with Crippen molar-refractivity contribution in [3.63, 3.8) is 0 Å². The Bertz CT molecular complexity index is 476. The summed E-state index contributed by atoms with van der Waals surface area (Å²) in [5.74, 6) is 0. The summed E-state index contributed by atoms with van der Waals surface area (Å²) in [7, 11) is 0. The lowest BCUT2D eigenvalue weighted by atomic mass is 10.2. The van der Waals surface area contributed by atoms with Crippen LogP contribution in [0.4, 0.5) is 5.69 Å². The predicted octanol–water partition coefficient (Wildman–Crippen LogP) is 3.23. The first-order valence-corrected chi connectivity index (χ1v) is 5.68. The molecule has 3 heteroatoms. The van der Waals surface area contributed by atoms with Crippen LogP contribution in [0.2, 0.25) is 0 Å². The highest BCUT2D eigenvalue weighted by molar-refractivity contribution is 7.99. The zero-order valence-electron chi connectivity index (χ0n) is 8.59. The highest BCUT2D eigenvalue weighted by Gasteiger charge is 1.97. The van der Waals surface area contributed by atoms with E-state index in [-0.39, 0.29) is 0 Å². The molecule has 0 bridgehead atoms. The van der Waals surface area contributed by atoms with Gasteiger partial charge in [-0.1, -0.05) is 23.9 Å². The Morgan fingerprint density at radius 2 is 1.38 bits per heavy atom. The lowest BCUT2D eigenvalue weighted by Gasteiger charge is -2.02. The van der Waals surface area contributed by atoms with Gasteiger partial charge < -0.3 is 5.73 Å². The van der Waals surface area contributed by atoms with Crippen molar-refractivity contribution in [2.45, 2.75) is 9.79 Å². The van der Waals surface area contributed by atoms with Crippen LogP contribution in [-0.2, 0) is 0 Å². The van der Waals surface area contributed by atoms with Crippen LogP contribution in [0.15, 0.2) is 58.3 Å². The summed E-state index contributed by atoms with van der Waals surface area (Å²) in [6, 6.07) is 15.2. The summed E-state index contributed by atoms with van der Waals surface area (Å²) in [5.41, 5.74) is 7.07. The molecule has 0 saturated heterocycles. The number of nitrogen functional groups attached to an aromatic ring is 1. The van der Waals surface area contributed by atoms with Crippen LogP contribution < -0.4 is 5.73 Å². The molecule has 0 aliphatic rings. The molecule has 0 aromatic heterocycles. The number of anilines is 1. The van der Waals surface area contributed by atoms with Gasteiger partial charge in [-0.25, -0.2) is 0 Å². The van der Waals surface area contributed by atoms with Crippen molar-refractivity contribution in [2.24, 2.45) is 0 Å². The van der Waals surface area contributed by atoms with Gasteiger partial charge in [0.15, 0.2) is 0 Å². The van der Waals surface area contributed by atoms with E-state index in [2.05, 4.69) is 0 Å². The van der Waals surface area contributed by atoms with E-state index in [1.807, 2.05) is 48.5 Å². The van der Waals surface area contributed by atoms with Gasteiger partial charge in [0.05, 0.1) is 0 Å². The van der Waals surface area contributed by atoms with Crippen molar-refractivity contribution >= 4 is 23.7 Å². The van der Waals surface area contributed by atoms with Crippen LogP contribution in [-0.4, -0.2) is 6.29 Å². The molecule has 2 rings (SSSR count). The fourth-order valence-electron chi connectivity index (χ4n) is 1.29. The molecule has 0 spiro atoms. The maximum absolute atomic E-state index is 10.5. The fraction of sp³-hybridized carbons (Fsp3) is 0. The van der Waals surface area contributed by atoms with Gasteiger partial charge in [0, 0.05) is 21.0 Å². The molecular formula is C13H11NOS. The summed E-state index contributed by atoms with van der Waals surface area (Å²) in [5, 5.41) is 0. The topological polar surface area (TPSA) is 43.1 Å². The fourth-order valence-corrected chi connectivity index (χ4v) is 2.10. The molecule has 0 aliphatic heterocycles. The van der Waals surface area contributed by atoms with Crippen molar-refractivity contribution in [2.75, 3.05) is 5.73 Å². The monoisotopic (exact) mass is 229 g/mol. The Kier molecular flexibility index (Phi) is 3.27. The Labute approximate surface area is 98.5 Å². The molecule has 0 fully saturated rings. The number of hydrogen-bond donors (Lipinski definition) is 1. The average Bonchev–Trinajstić information content (AvgIpc) is 2.33. The molecule has 16 heavy (non-hydrogen) atoms. The molecule has 0 heterocycles. The highest BCUT2D eigenvalue weighted by atomic mass is 32.2. The van der Waals surface area contributed by atoms with Gasteiger partial charge in [-0.15, -0.1) is 0 Å². The van der Waals surface area contributed by atoms with Gasteiger partial charge in [0.2, 0.25) is 0 Å². The van der Waals surface area contributed by atoms with E-state index in [1.165, 1.54) is 0 Å². The number of rotatable bonds is 3. The quantitative estimate of drug-likeness (QED) is 0.649. The first kappa shape index (κ1) is 10.8. The number of nitrogens with two attached hydrogens (primary N) is 1. The third kappa shape index (κ3) is 2.64. The molecule has 0 saturated carbocycles. The molecular weight excluding hydrogens is 218 g/mol. The third-order valence-corrected chi connectivity index (χ3v) is 3.15. The smallest absolute Gasteiger partial charge is 0.150 e. The van der Waals surface area contributed by atoms with Crippen LogP contribution in [0.3, 0.4) is 0 Å². The Morgan fingerprint density at radius 3 is 1.88 bits per heavy atom. The first-order chi connectivity index (χ1) is 7.78. The van der Waals surface area contributed by atoms with Crippen molar-refractivity contribution < 1.29 is 4.79 Å². The Balaban J connectivity index is 2.14.